The lowest BCUT2D eigenvalue weighted by Gasteiger charge is -2.23. The molecule has 21 heavy (non-hydrogen) atoms. The highest BCUT2D eigenvalue weighted by Crippen LogP contribution is 2.22. The van der Waals surface area contributed by atoms with Gasteiger partial charge in [-0.3, -0.25) is 9.59 Å². The first kappa shape index (κ1) is 18.1. The van der Waals surface area contributed by atoms with Crippen molar-refractivity contribution in [2.24, 2.45) is 5.92 Å². The van der Waals surface area contributed by atoms with Gasteiger partial charge in [-0.05, 0) is 20.3 Å². The Bertz CT molecular complexity index is 376. The smallest absolute Gasteiger partial charge is 0.222 e. The van der Waals surface area contributed by atoms with Gasteiger partial charge in [0.2, 0.25) is 5.91 Å². The second-order valence-corrected chi connectivity index (χ2v) is 7.22. The van der Waals surface area contributed by atoms with E-state index in [2.05, 4.69) is 22.9 Å². The maximum atomic E-state index is 12.2. The highest BCUT2D eigenvalue weighted by atomic mass is 16.2. The van der Waals surface area contributed by atoms with Crippen LogP contribution in [0, 0.1) is 5.92 Å². The van der Waals surface area contributed by atoms with Gasteiger partial charge in [-0.1, -0.05) is 27.7 Å². The molecule has 1 aliphatic rings. The molecule has 0 aromatic rings. The van der Waals surface area contributed by atoms with E-state index < -0.39 is 6.04 Å². The molecule has 0 bridgehead atoms. The van der Waals surface area contributed by atoms with Crippen molar-refractivity contribution >= 4 is 11.7 Å². The summed E-state index contributed by atoms with van der Waals surface area (Å²) < 4.78 is 0. The normalized spacial score (nSPS) is 24.0. The fourth-order valence-corrected chi connectivity index (χ4v) is 2.59. The molecule has 5 heteroatoms. The van der Waals surface area contributed by atoms with Crippen LogP contribution in [0.1, 0.15) is 54.4 Å². The number of hydrogen-bond acceptors (Lipinski definition) is 4. The van der Waals surface area contributed by atoms with Crippen LogP contribution in [0.2, 0.25) is 0 Å². The minimum atomic E-state index is -0.396. The standard InChI is InChI=1S/C16H31N3O2/c1-10(2)15(21)13(18-11(3)4)7-14(20)19-12(5)8-16(6)9-17-16/h10-13,17-18H,7-9H2,1-6H3,(H,19,20)/t12?,13-,16?/m0/s1. The van der Waals surface area contributed by atoms with Gasteiger partial charge in [0, 0.05) is 36.5 Å². The summed E-state index contributed by atoms with van der Waals surface area (Å²) in [7, 11) is 0. The second-order valence-electron chi connectivity index (χ2n) is 7.22. The Morgan fingerprint density at radius 1 is 1.19 bits per heavy atom. The number of carbonyl (C=O) groups excluding carboxylic acids is 2. The van der Waals surface area contributed by atoms with E-state index in [9.17, 15) is 9.59 Å². The number of Topliss-reactive ketones (excluding diaryl/α,β-unsaturated/α-hetero) is 1. The summed E-state index contributed by atoms with van der Waals surface area (Å²) in [5.41, 5.74) is 0.177. The van der Waals surface area contributed by atoms with Crippen LogP contribution >= 0.6 is 0 Å². The quantitative estimate of drug-likeness (QED) is 0.559. The van der Waals surface area contributed by atoms with E-state index in [4.69, 9.17) is 0 Å². The molecule has 1 rings (SSSR count). The first-order valence-corrected chi connectivity index (χ1v) is 7.97. The monoisotopic (exact) mass is 297 g/mol. The highest BCUT2D eigenvalue weighted by Gasteiger charge is 2.37. The Labute approximate surface area is 128 Å². The fourth-order valence-electron chi connectivity index (χ4n) is 2.59. The van der Waals surface area contributed by atoms with Crippen molar-refractivity contribution in [3.05, 3.63) is 0 Å². The first-order chi connectivity index (χ1) is 9.63. The molecule has 2 unspecified atom stereocenters. The van der Waals surface area contributed by atoms with Gasteiger partial charge in [0.1, 0.15) is 0 Å². The van der Waals surface area contributed by atoms with Gasteiger partial charge in [0.05, 0.1) is 6.04 Å². The summed E-state index contributed by atoms with van der Waals surface area (Å²) in [6, 6.07) is -0.101. The summed E-state index contributed by atoms with van der Waals surface area (Å²) in [6.07, 6.45) is 1.13. The molecular formula is C16H31N3O2. The summed E-state index contributed by atoms with van der Waals surface area (Å²) in [4.78, 5) is 24.3. The third-order valence-corrected chi connectivity index (χ3v) is 3.78. The Hall–Kier alpha value is -0.940. The molecule has 1 heterocycles. The van der Waals surface area contributed by atoms with E-state index >= 15 is 0 Å². The number of nitrogens with one attached hydrogen (secondary N) is 3. The summed E-state index contributed by atoms with van der Waals surface area (Å²) >= 11 is 0. The maximum absolute atomic E-state index is 12.2. The number of carbonyl (C=O) groups is 2. The van der Waals surface area contributed by atoms with Crippen LogP contribution in [0.25, 0.3) is 0 Å². The molecule has 1 saturated heterocycles. The van der Waals surface area contributed by atoms with Crippen LogP contribution in [0.4, 0.5) is 0 Å². The molecular weight excluding hydrogens is 266 g/mol. The zero-order chi connectivity index (χ0) is 16.2. The van der Waals surface area contributed by atoms with Crippen LogP contribution in [-0.2, 0) is 9.59 Å². The highest BCUT2D eigenvalue weighted by molar-refractivity contribution is 5.90. The summed E-state index contributed by atoms with van der Waals surface area (Å²) in [6.45, 7) is 12.9. The lowest BCUT2D eigenvalue weighted by atomic mass is 9.97. The molecule has 0 radical (unpaired) electrons. The average Bonchev–Trinajstić information content (AvgIpc) is 3.03. The zero-order valence-electron chi connectivity index (χ0n) is 14.2. The van der Waals surface area contributed by atoms with E-state index in [-0.39, 0.29) is 41.7 Å². The minimum Gasteiger partial charge on any atom is -0.354 e. The van der Waals surface area contributed by atoms with E-state index in [0.717, 1.165) is 13.0 Å². The van der Waals surface area contributed by atoms with Crippen molar-refractivity contribution in [3.63, 3.8) is 0 Å². The van der Waals surface area contributed by atoms with Gasteiger partial charge < -0.3 is 16.0 Å². The molecule has 1 amide bonds. The average molecular weight is 297 g/mol. The van der Waals surface area contributed by atoms with Crippen molar-refractivity contribution in [1.82, 2.24) is 16.0 Å². The Kier molecular flexibility index (Phi) is 6.35. The van der Waals surface area contributed by atoms with Crippen LogP contribution in [0.5, 0.6) is 0 Å². The number of rotatable bonds is 9. The van der Waals surface area contributed by atoms with Gasteiger partial charge in [-0.25, -0.2) is 0 Å². The lowest BCUT2D eigenvalue weighted by Crippen LogP contribution is -2.47. The summed E-state index contributed by atoms with van der Waals surface area (Å²) in [5.74, 6) is -0.0257. The molecule has 122 valence electrons. The topological polar surface area (TPSA) is 80.1 Å². The molecule has 1 aliphatic heterocycles. The fraction of sp³-hybridized carbons (Fsp3) is 0.875. The minimum absolute atomic E-state index is 0.0566. The van der Waals surface area contributed by atoms with Crippen LogP contribution in [0.15, 0.2) is 0 Å². The summed E-state index contributed by atoms with van der Waals surface area (Å²) in [5, 5.41) is 9.50. The third-order valence-electron chi connectivity index (χ3n) is 3.78. The molecule has 0 aliphatic carbocycles. The number of amides is 1. The zero-order valence-corrected chi connectivity index (χ0v) is 14.2. The molecule has 5 nitrogen and oxygen atoms in total. The van der Waals surface area contributed by atoms with E-state index in [1.54, 1.807) is 0 Å². The Morgan fingerprint density at radius 2 is 1.76 bits per heavy atom. The third kappa shape index (κ3) is 6.57. The predicted molar refractivity (Wildman–Crippen MR) is 85.2 cm³/mol. The number of ketones is 1. The van der Waals surface area contributed by atoms with Crippen molar-refractivity contribution in [2.45, 2.75) is 78.0 Å². The van der Waals surface area contributed by atoms with E-state index in [1.165, 1.54) is 0 Å². The molecule has 0 aromatic carbocycles. The second kappa shape index (κ2) is 7.36. The van der Waals surface area contributed by atoms with Gasteiger partial charge in [0.15, 0.2) is 5.78 Å². The van der Waals surface area contributed by atoms with Crippen LogP contribution < -0.4 is 16.0 Å². The SMILES string of the molecule is CC(C)N[C@@H](CC(=O)NC(C)CC1(C)CN1)C(=O)C(C)C. The lowest BCUT2D eigenvalue weighted by molar-refractivity contribution is -0.129. The van der Waals surface area contributed by atoms with Gasteiger partial charge in [0.25, 0.3) is 0 Å². The molecule has 0 aromatic heterocycles. The number of hydrogen-bond donors (Lipinski definition) is 3. The molecule has 3 atom stereocenters. The Balaban J connectivity index is 2.48. The van der Waals surface area contributed by atoms with Crippen molar-refractivity contribution in [1.29, 1.82) is 0 Å². The Morgan fingerprint density at radius 3 is 2.19 bits per heavy atom. The first-order valence-electron chi connectivity index (χ1n) is 7.97. The van der Waals surface area contributed by atoms with Gasteiger partial charge in [-0.2, -0.15) is 0 Å². The van der Waals surface area contributed by atoms with E-state index in [1.807, 2.05) is 34.6 Å². The maximum Gasteiger partial charge on any atom is 0.222 e. The predicted octanol–water partition coefficient (Wildman–Crippen LogP) is 1.22. The van der Waals surface area contributed by atoms with Gasteiger partial charge in [-0.15, -0.1) is 0 Å². The largest absolute Gasteiger partial charge is 0.354 e. The van der Waals surface area contributed by atoms with Crippen LogP contribution in [-0.4, -0.2) is 41.9 Å². The molecule has 1 fully saturated rings. The van der Waals surface area contributed by atoms with E-state index in [0.29, 0.717) is 0 Å². The molecule has 0 saturated carbocycles. The molecule has 3 N–H and O–H groups in total. The van der Waals surface area contributed by atoms with Gasteiger partial charge >= 0.3 is 0 Å². The van der Waals surface area contributed by atoms with Crippen molar-refractivity contribution in [3.8, 4) is 0 Å². The van der Waals surface area contributed by atoms with Crippen LogP contribution in [0.3, 0.4) is 0 Å². The van der Waals surface area contributed by atoms with Crippen molar-refractivity contribution < 1.29 is 9.59 Å². The van der Waals surface area contributed by atoms with Crippen molar-refractivity contribution in [2.75, 3.05) is 6.54 Å². The molecule has 0 spiro atoms.